The summed E-state index contributed by atoms with van der Waals surface area (Å²) in [6.07, 6.45) is 3.42. The summed E-state index contributed by atoms with van der Waals surface area (Å²) in [6.45, 7) is 2.22. The van der Waals surface area contributed by atoms with Crippen molar-refractivity contribution in [1.82, 2.24) is 14.7 Å². The van der Waals surface area contributed by atoms with E-state index >= 15 is 0 Å². The molecule has 0 atom stereocenters. The van der Waals surface area contributed by atoms with Gasteiger partial charge in [0.25, 0.3) is 5.91 Å². The quantitative estimate of drug-likeness (QED) is 0.393. The molecular formula is C21H22ClN5O3S2. The number of benzene rings is 1. The van der Waals surface area contributed by atoms with Gasteiger partial charge < -0.3 is 20.3 Å². The highest BCUT2D eigenvalue weighted by Crippen LogP contribution is 2.34. The number of thiocarbonyl (C=S) groups is 1. The average molecular weight is 492 g/mol. The number of carbonyl (C=O) groups excluding carboxylic acids is 2. The van der Waals surface area contributed by atoms with Gasteiger partial charge in [0, 0.05) is 25.3 Å². The number of hydrogen-bond donors (Lipinski definition) is 2. The van der Waals surface area contributed by atoms with Crippen LogP contribution in [0.4, 0.5) is 10.7 Å². The van der Waals surface area contributed by atoms with Crippen LogP contribution in [0.25, 0.3) is 0 Å². The third-order valence-corrected chi connectivity index (χ3v) is 6.31. The fourth-order valence-electron chi connectivity index (χ4n) is 2.94. The Morgan fingerprint density at radius 2 is 2.00 bits per heavy atom. The summed E-state index contributed by atoms with van der Waals surface area (Å²) in [7, 11) is 4.60. The van der Waals surface area contributed by atoms with Crippen LogP contribution in [0.1, 0.15) is 31.2 Å². The smallest absolute Gasteiger partial charge is 0.341 e. The topological polar surface area (TPSA) is 88.5 Å². The second kappa shape index (κ2) is 10.1. The van der Waals surface area contributed by atoms with Gasteiger partial charge in [0.15, 0.2) is 5.11 Å². The number of thiophene rings is 1. The maximum absolute atomic E-state index is 12.5. The van der Waals surface area contributed by atoms with Crippen molar-refractivity contribution in [3.63, 3.8) is 0 Å². The molecule has 0 aliphatic carbocycles. The lowest BCUT2D eigenvalue weighted by Crippen LogP contribution is -2.21. The van der Waals surface area contributed by atoms with E-state index in [-0.39, 0.29) is 16.6 Å². The number of nitrogens with zero attached hydrogens (tertiary/aromatic N) is 3. The second-order valence-electron chi connectivity index (χ2n) is 7.05. The Hall–Kier alpha value is -2.95. The largest absolute Gasteiger partial charge is 0.465 e. The molecule has 1 amide bonds. The number of methoxy groups -OCH3 is 1. The van der Waals surface area contributed by atoms with E-state index in [2.05, 4.69) is 15.7 Å². The van der Waals surface area contributed by atoms with E-state index in [1.807, 2.05) is 24.3 Å². The average Bonchev–Trinajstić information content (AvgIpc) is 3.32. The van der Waals surface area contributed by atoms with Gasteiger partial charge in [-0.05, 0) is 36.3 Å². The van der Waals surface area contributed by atoms with Crippen molar-refractivity contribution in [1.29, 1.82) is 0 Å². The molecule has 0 unspecified atom stereocenters. The van der Waals surface area contributed by atoms with E-state index in [1.54, 1.807) is 38.1 Å². The van der Waals surface area contributed by atoms with E-state index in [4.69, 9.17) is 28.6 Å². The second-order valence-corrected chi connectivity index (χ2v) is 8.88. The number of aromatic nitrogens is 2. The molecular weight excluding hydrogens is 470 g/mol. The normalized spacial score (nSPS) is 10.5. The third kappa shape index (κ3) is 5.26. The molecule has 2 N–H and O–H groups in total. The number of esters is 1. The van der Waals surface area contributed by atoms with Gasteiger partial charge in [-0.15, -0.1) is 11.3 Å². The van der Waals surface area contributed by atoms with Crippen molar-refractivity contribution in [2.75, 3.05) is 31.8 Å². The van der Waals surface area contributed by atoms with Crippen molar-refractivity contribution < 1.29 is 14.3 Å². The van der Waals surface area contributed by atoms with Gasteiger partial charge in [-0.3, -0.25) is 9.48 Å². The highest BCUT2D eigenvalue weighted by atomic mass is 35.5. The van der Waals surface area contributed by atoms with Gasteiger partial charge in [0.05, 0.1) is 36.0 Å². The first kappa shape index (κ1) is 23.7. The molecule has 3 aromatic rings. The number of carbonyl (C=O) groups is 2. The molecule has 0 aliphatic heterocycles. The van der Waals surface area contributed by atoms with Gasteiger partial charge in [-0.2, -0.15) is 5.10 Å². The van der Waals surface area contributed by atoms with E-state index in [1.165, 1.54) is 12.0 Å². The van der Waals surface area contributed by atoms with Crippen molar-refractivity contribution >= 4 is 62.8 Å². The Morgan fingerprint density at radius 3 is 2.66 bits per heavy atom. The molecule has 0 saturated carbocycles. The van der Waals surface area contributed by atoms with Crippen LogP contribution in [-0.2, 0) is 11.3 Å². The van der Waals surface area contributed by atoms with Crippen LogP contribution in [0.5, 0.6) is 0 Å². The Kier molecular flexibility index (Phi) is 7.49. The lowest BCUT2D eigenvalue weighted by molar-refractivity contribution is 0.0601. The molecule has 0 spiro atoms. The molecule has 0 bridgehead atoms. The highest BCUT2D eigenvalue weighted by Gasteiger charge is 2.26. The van der Waals surface area contributed by atoms with Crippen LogP contribution in [0, 0.1) is 6.92 Å². The predicted molar refractivity (Wildman–Crippen MR) is 131 cm³/mol. The predicted octanol–water partition coefficient (Wildman–Crippen LogP) is 4.25. The Morgan fingerprint density at radius 1 is 1.28 bits per heavy atom. The standard InChI is InChI=1S/C21H22ClN5O3S2/c1-12-16(20(29)30-4)18(32-17(12)19(28)26(2)3)25-21(31)24-14-9-23-27(11-14)10-13-7-5-6-8-15(13)22/h5-9,11H,10H2,1-4H3,(H2,24,25,31). The lowest BCUT2D eigenvalue weighted by atomic mass is 10.1. The number of rotatable bonds is 6. The molecule has 2 heterocycles. The first-order valence-corrected chi connectivity index (χ1v) is 11.1. The molecule has 8 nitrogen and oxygen atoms in total. The van der Waals surface area contributed by atoms with E-state index < -0.39 is 5.97 Å². The minimum absolute atomic E-state index is 0.203. The maximum atomic E-state index is 12.5. The number of nitrogens with one attached hydrogen (secondary N) is 2. The van der Waals surface area contributed by atoms with Crippen molar-refractivity contribution in [2.24, 2.45) is 0 Å². The van der Waals surface area contributed by atoms with Crippen LogP contribution >= 0.6 is 35.2 Å². The number of ether oxygens (including phenoxy) is 1. The van der Waals surface area contributed by atoms with E-state index in [0.29, 0.717) is 32.7 Å². The first-order chi connectivity index (χ1) is 15.2. The fourth-order valence-corrected chi connectivity index (χ4v) is 4.64. The van der Waals surface area contributed by atoms with Crippen LogP contribution in [0.3, 0.4) is 0 Å². The molecule has 11 heteroatoms. The van der Waals surface area contributed by atoms with Crippen LogP contribution in [0.15, 0.2) is 36.7 Å². The zero-order valence-corrected chi connectivity index (χ0v) is 20.3. The summed E-state index contributed by atoms with van der Waals surface area (Å²) < 4.78 is 6.63. The first-order valence-electron chi connectivity index (χ1n) is 9.48. The van der Waals surface area contributed by atoms with Gasteiger partial charge in [0.2, 0.25) is 0 Å². The third-order valence-electron chi connectivity index (χ3n) is 4.55. The van der Waals surface area contributed by atoms with Gasteiger partial charge in [-0.1, -0.05) is 29.8 Å². The highest BCUT2D eigenvalue weighted by molar-refractivity contribution is 7.80. The molecule has 1 aromatic carbocycles. The van der Waals surface area contributed by atoms with Crippen LogP contribution in [-0.4, -0.2) is 52.9 Å². The van der Waals surface area contributed by atoms with Crippen LogP contribution < -0.4 is 10.6 Å². The molecule has 32 heavy (non-hydrogen) atoms. The van der Waals surface area contributed by atoms with Crippen molar-refractivity contribution in [3.8, 4) is 0 Å². The summed E-state index contributed by atoms with van der Waals surface area (Å²) >= 11 is 12.8. The number of halogens is 1. The maximum Gasteiger partial charge on any atom is 0.341 e. The molecule has 3 rings (SSSR count). The Labute approximate surface area is 200 Å². The van der Waals surface area contributed by atoms with Gasteiger partial charge >= 0.3 is 5.97 Å². The molecule has 168 valence electrons. The molecule has 2 aromatic heterocycles. The van der Waals surface area contributed by atoms with Gasteiger partial charge in [0.1, 0.15) is 5.00 Å². The zero-order chi connectivity index (χ0) is 23.4. The molecule has 0 fully saturated rings. The fraction of sp³-hybridized carbons (Fsp3) is 0.238. The van der Waals surface area contributed by atoms with Gasteiger partial charge in [-0.25, -0.2) is 4.79 Å². The zero-order valence-electron chi connectivity index (χ0n) is 17.9. The Bertz CT molecular complexity index is 1170. The summed E-state index contributed by atoms with van der Waals surface area (Å²) in [5, 5.41) is 11.7. The summed E-state index contributed by atoms with van der Waals surface area (Å²) in [5.41, 5.74) is 2.42. The minimum Gasteiger partial charge on any atom is -0.465 e. The summed E-state index contributed by atoms with van der Waals surface area (Å²) in [6, 6.07) is 7.55. The number of hydrogen-bond acceptors (Lipinski definition) is 6. The SMILES string of the molecule is COC(=O)c1c(NC(=S)Nc2cnn(Cc3ccccc3Cl)c2)sc(C(=O)N(C)C)c1C. The lowest BCUT2D eigenvalue weighted by Gasteiger charge is -2.09. The Balaban J connectivity index is 1.75. The number of amides is 1. The monoisotopic (exact) mass is 491 g/mol. The summed E-state index contributed by atoms with van der Waals surface area (Å²) in [4.78, 5) is 26.7. The van der Waals surface area contributed by atoms with Crippen molar-refractivity contribution in [3.05, 3.63) is 63.2 Å². The molecule has 0 radical (unpaired) electrons. The minimum atomic E-state index is -0.547. The molecule has 0 saturated heterocycles. The van der Waals surface area contributed by atoms with Crippen molar-refractivity contribution in [2.45, 2.75) is 13.5 Å². The number of anilines is 2. The van der Waals surface area contributed by atoms with E-state index in [0.717, 1.165) is 16.9 Å². The molecule has 0 aliphatic rings. The summed E-state index contributed by atoms with van der Waals surface area (Å²) in [5.74, 6) is -0.750. The van der Waals surface area contributed by atoms with E-state index in [9.17, 15) is 9.59 Å². The van der Waals surface area contributed by atoms with Crippen LogP contribution in [0.2, 0.25) is 5.02 Å².